The van der Waals surface area contributed by atoms with Crippen LogP contribution in [-0.2, 0) is 25.8 Å². The summed E-state index contributed by atoms with van der Waals surface area (Å²) in [5.74, 6) is 0.329. The molecule has 0 aliphatic heterocycles. The first-order chi connectivity index (χ1) is 8.06. The van der Waals surface area contributed by atoms with Gasteiger partial charge in [0.15, 0.2) is 0 Å². The molecule has 1 rings (SSSR count). The third kappa shape index (κ3) is 19.1. The molecule has 1 saturated carbocycles. The summed E-state index contributed by atoms with van der Waals surface area (Å²) in [6.45, 7) is 2.13. The third-order valence-corrected chi connectivity index (χ3v) is 4.09. The molecule has 3 atom stereocenters. The van der Waals surface area contributed by atoms with Crippen LogP contribution in [0.15, 0.2) is 0 Å². The summed E-state index contributed by atoms with van der Waals surface area (Å²) in [4.78, 5) is 0. The SMILES string of the molecule is C[N-]C.C[N-]C.C[N-]P(C)C[C@@H]1CCCC1F.[CH3-].[Hf+4]. The van der Waals surface area contributed by atoms with Gasteiger partial charge in [0.2, 0.25) is 0 Å². The van der Waals surface area contributed by atoms with Gasteiger partial charge in [0, 0.05) is 0 Å². The molecule has 1 aliphatic rings. The van der Waals surface area contributed by atoms with E-state index in [0.717, 1.165) is 25.4 Å². The van der Waals surface area contributed by atoms with E-state index < -0.39 is 6.17 Å². The van der Waals surface area contributed by atoms with E-state index in [-0.39, 0.29) is 41.3 Å². The summed E-state index contributed by atoms with van der Waals surface area (Å²) in [6.07, 6.45) is 3.44. The monoisotopic (exact) mass is 459 g/mol. The predicted molar refractivity (Wildman–Crippen MR) is 86.1 cm³/mol. The minimum atomic E-state index is -0.526. The molecule has 114 valence electrons. The zero-order chi connectivity index (χ0) is 13.7. The molecular formula is C13H31FHfN3P. The van der Waals surface area contributed by atoms with Crippen molar-refractivity contribution in [3.05, 3.63) is 23.1 Å². The van der Waals surface area contributed by atoms with Gasteiger partial charge < -0.3 is 23.1 Å². The average Bonchev–Trinajstić information content (AvgIpc) is 2.66. The molecule has 1 aliphatic carbocycles. The Kier molecular flexibility index (Phi) is 31.9. The summed E-state index contributed by atoms with van der Waals surface area (Å²) < 4.78 is 13.1. The Labute approximate surface area is 140 Å². The molecule has 0 bridgehead atoms. The van der Waals surface area contributed by atoms with Gasteiger partial charge in [-0.05, 0) is 24.9 Å². The quantitative estimate of drug-likeness (QED) is 0.330. The van der Waals surface area contributed by atoms with E-state index in [2.05, 4.69) is 22.4 Å². The van der Waals surface area contributed by atoms with Crippen molar-refractivity contribution in [2.24, 2.45) is 5.92 Å². The molecule has 0 heterocycles. The largest absolute Gasteiger partial charge is 4.00 e. The van der Waals surface area contributed by atoms with Gasteiger partial charge >= 0.3 is 25.8 Å². The number of alkyl halides is 1. The van der Waals surface area contributed by atoms with E-state index >= 15 is 0 Å². The third-order valence-electron chi connectivity index (χ3n) is 2.41. The molecule has 0 N–H and O–H groups in total. The maximum Gasteiger partial charge on any atom is 4.00 e. The van der Waals surface area contributed by atoms with Gasteiger partial charge in [-0.25, -0.2) is 12.5 Å². The summed E-state index contributed by atoms with van der Waals surface area (Å²) >= 11 is 0. The molecular weight excluding hydrogens is 427 g/mol. The Hall–Kier alpha value is 1.11. The van der Waals surface area contributed by atoms with Crippen LogP contribution in [-0.4, -0.2) is 54.2 Å². The van der Waals surface area contributed by atoms with E-state index in [0.29, 0.717) is 5.92 Å². The van der Waals surface area contributed by atoms with E-state index in [1.54, 1.807) is 28.2 Å². The summed E-state index contributed by atoms with van der Waals surface area (Å²) in [6, 6.07) is 0. The Bertz CT molecular complexity index is 154. The van der Waals surface area contributed by atoms with Gasteiger partial charge in [0.05, 0.1) is 0 Å². The van der Waals surface area contributed by atoms with Crippen molar-refractivity contribution in [2.45, 2.75) is 25.4 Å². The normalized spacial score (nSPS) is 21.6. The fourth-order valence-electron chi connectivity index (χ4n) is 1.62. The van der Waals surface area contributed by atoms with Gasteiger partial charge in [-0.2, -0.15) is 35.2 Å². The molecule has 0 spiro atoms. The first-order valence-electron chi connectivity index (χ1n) is 5.98. The van der Waals surface area contributed by atoms with Crippen LogP contribution in [0, 0.1) is 13.3 Å². The van der Waals surface area contributed by atoms with Crippen LogP contribution >= 0.6 is 8.07 Å². The van der Waals surface area contributed by atoms with Crippen molar-refractivity contribution in [3.63, 3.8) is 0 Å². The average molecular weight is 458 g/mol. The maximum absolute atomic E-state index is 13.1. The molecule has 2 unspecified atom stereocenters. The van der Waals surface area contributed by atoms with Gasteiger partial charge in [0.1, 0.15) is 6.17 Å². The molecule has 0 radical (unpaired) electrons. The Morgan fingerprint density at radius 1 is 1.05 bits per heavy atom. The second kappa shape index (κ2) is 21.4. The van der Waals surface area contributed by atoms with Crippen LogP contribution in [0.3, 0.4) is 0 Å². The molecule has 0 aromatic heterocycles. The maximum atomic E-state index is 13.1. The van der Waals surface area contributed by atoms with Gasteiger partial charge in [0.25, 0.3) is 0 Å². The zero-order valence-electron chi connectivity index (χ0n) is 13.6. The van der Waals surface area contributed by atoms with Gasteiger partial charge in [-0.15, -0.1) is 0 Å². The van der Waals surface area contributed by atoms with Crippen LogP contribution < -0.4 is 0 Å². The van der Waals surface area contributed by atoms with Crippen LogP contribution in [0.1, 0.15) is 19.3 Å². The van der Waals surface area contributed by atoms with Gasteiger partial charge in [-0.1, -0.05) is 13.1 Å². The van der Waals surface area contributed by atoms with Crippen LogP contribution in [0.5, 0.6) is 0 Å². The van der Waals surface area contributed by atoms with Crippen molar-refractivity contribution in [1.29, 1.82) is 0 Å². The van der Waals surface area contributed by atoms with Crippen molar-refractivity contribution < 1.29 is 30.2 Å². The fraction of sp³-hybridized carbons (Fsp3) is 0.923. The number of hydrogen-bond acceptors (Lipinski definition) is 0. The molecule has 0 aromatic rings. The van der Waals surface area contributed by atoms with Crippen molar-refractivity contribution in [2.75, 3.05) is 48.1 Å². The number of nitrogens with zero attached hydrogens (tertiary/aromatic N) is 3. The van der Waals surface area contributed by atoms with E-state index in [4.69, 9.17) is 0 Å². The number of hydrogen-bond donors (Lipinski definition) is 0. The van der Waals surface area contributed by atoms with Crippen molar-refractivity contribution in [1.82, 2.24) is 0 Å². The molecule has 19 heavy (non-hydrogen) atoms. The standard InChI is InChI=1S/C8H16FNP.2C2H6N.CH3.Hf/c1-10-11(2)6-7-4-3-5-8(7)9;2*1-3-2;;/h7-8H,3-6H2,1-2H3;2*1-2H3;1H3;/q4*-1;+4/t7-,8?,11?;;;;/m0..../s1. The summed E-state index contributed by atoms with van der Waals surface area (Å²) in [7, 11) is 8.61. The molecule has 6 heteroatoms. The number of halogens is 1. The fourth-order valence-corrected chi connectivity index (χ4v) is 2.87. The molecule has 0 saturated heterocycles. The molecule has 3 nitrogen and oxygen atoms in total. The molecule has 0 aromatic carbocycles. The smallest absolute Gasteiger partial charge is 0.668 e. The molecule has 1 fully saturated rings. The second-order valence-electron chi connectivity index (χ2n) is 4.14. The minimum Gasteiger partial charge on any atom is -0.668 e. The number of rotatable bonds is 3. The minimum absolute atomic E-state index is 0. The van der Waals surface area contributed by atoms with Crippen LogP contribution in [0.25, 0.3) is 15.7 Å². The second-order valence-corrected chi connectivity index (χ2v) is 6.22. The Balaban J connectivity index is -0.000000122. The topological polar surface area (TPSA) is 42.3 Å². The van der Waals surface area contributed by atoms with Crippen LogP contribution in [0.4, 0.5) is 4.39 Å². The van der Waals surface area contributed by atoms with Crippen molar-refractivity contribution >= 4 is 8.07 Å². The summed E-state index contributed by atoms with van der Waals surface area (Å²) in [5.41, 5.74) is 0. The zero-order valence-corrected chi connectivity index (χ0v) is 18.1. The van der Waals surface area contributed by atoms with Gasteiger partial charge in [-0.3, -0.25) is 0 Å². The van der Waals surface area contributed by atoms with E-state index in [9.17, 15) is 4.39 Å². The first kappa shape index (κ1) is 28.3. The van der Waals surface area contributed by atoms with Crippen LogP contribution in [0.2, 0.25) is 0 Å². The predicted octanol–water partition coefficient (Wildman–Crippen LogP) is 4.84. The summed E-state index contributed by atoms with van der Waals surface area (Å²) in [5, 5.41) is 11.2. The Morgan fingerprint density at radius 2 is 1.47 bits per heavy atom. The van der Waals surface area contributed by atoms with E-state index in [1.165, 1.54) is 0 Å². The first-order valence-corrected chi connectivity index (χ1v) is 7.90. The Morgan fingerprint density at radius 3 is 1.74 bits per heavy atom. The van der Waals surface area contributed by atoms with Crippen molar-refractivity contribution in [3.8, 4) is 0 Å². The van der Waals surface area contributed by atoms with E-state index in [1.807, 2.05) is 7.05 Å². The molecule has 0 amide bonds.